The fraction of sp³-hybridized carbons (Fsp3) is 0.944. The average molecular weight is 386 g/mol. The minimum absolute atomic E-state index is 0.141. The zero-order valence-corrected chi connectivity index (χ0v) is 16.3. The van der Waals surface area contributed by atoms with Crippen LogP contribution in [-0.4, -0.2) is 92.7 Å². The van der Waals surface area contributed by atoms with Crippen LogP contribution in [0.2, 0.25) is 0 Å². The lowest BCUT2D eigenvalue weighted by atomic mass is 10.0. The molecule has 148 valence electrons. The number of ether oxygens (including phenoxy) is 1. The molecule has 7 nitrogen and oxygen atoms in total. The van der Waals surface area contributed by atoms with Crippen molar-refractivity contribution < 1.29 is 17.9 Å². The van der Waals surface area contributed by atoms with E-state index in [0.29, 0.717) is 32.1 Å². The maximum atomic E-state index is 12.9. The van der Waals surface area contributed by atoms with Gasteiger partial charge < -0.3 is 14.5 Å². The predicted molar refractivity (Wildman–Crippen MR) is 98.2 cm³/mol. The fourth-order valence-corrected chi connectivity index (χ4v) is 6.54. The molecule has 8 heteroatoms. The number of sulfonamides is 1. The third-order valence-electron chi connectivity index (χ3n) is 6.52. The molecule has 0 spiro atoms. The molecule has 0 radical (unpaired) electrons. The van der Waals surface area contributed by atoms with Crippen LogP contribution in [0.3, 0.4) is 0 Å². The molecule has 4 fully saturated rings. The summed E-state index contributed by atoms with van der Waals surface area (Å²) in [5.74, 6) is 0.916. The summed E-state index contributed by atoms with van der Waals surface area (Å²) < 4.78 is 32.8. The second kappa shape index (κ2) is 7.73. The van der Waals surface area contributed by atoms with Gasteiger partial charge in [0.05, 0.1) is 6.61 Å². The summed E-state index contributed by atoms with van der Waals surface area (Å²) in [6, 6.07) is 0. The Morgan fingerprint density at radius 3 is 2.31 bits per heavy atom. The Bertz CT molecular complexity index is 600. The molecule has 3 saturated heterocycles. The summed E-state index contributed by atoms with van der Waals surface area (Å²) in [5.41, 5.74) is 0. The third-order valence-corrected chi connectivity index (χ3v) is 8.74. The van der Waals surface area contributed by atoms with Crippen LogP contribution in [0.5, 0.6) is 0 Å². The van der Waals surface area contributed by atoms with Crippen molar-refractivity contribution in [2.75, 3.05) is 59.0 Å². The second-order valence-electron chi connectivity index (χ2n) is 8.32. The first-order valence-corrected chi connectivity index (χ1v) is 11.6. The molecular formula is C18H31N3O4S. The Morgan fingerprint density at radius 1 is 1.00 bits per heavy atom. The van der Waals surface area contributed by atoms with Crippen LogP contribution in [0.4, 0.5) is 0 Å². The molecular weight excluding hydrogens is 354 g/mol. The van der Waals surface area contributed by atoms with Gasteiger partial charge >= 0.3 is 0 Å². The molecule has 0 N–H and O–H groups in total. The first kappa shape index (κ1) is 18.7. The van der Waals surface area contributed by atoms with Gasteiger partial charge in [0.15, 0.2) is 0 Å². The van der Waals surface area contributed by atoms with E-state index in [-0.39, 0.29) is 11.8 Å². The number of hydrogen-bond acceptors (Lipinski definition) is 5. The summed E-state index contributed by atoms with van der Waals surface area (Å²) in [7, 11) is -3.28. The normalized spacial score (nSPS) is 30.0. The number of rotatable bonds is 5. The van der Waals surface area contributed by atoms with Gasteiger partial charge in [-0.3, -0.25) is 4.79 Å². The van der Waals surface area contributed by atoms with Gasteiger partial charge in [-0.05, 0) is 25.2 Å². The van der Waals surface area contributed by atoms with Gasteiger partial charge in [0.25, 0.3) is 0 Å². The van der Waals surface area contributed by atoms with Crippen molar-refractivity contribution in [1.82, 2.24) is 14.1 Å². The van der Waals surface area contributed by atoms with Crippen molar-refractivity contribution >= 4 is 15.9 Å². The Morgan fingerprint density at radius 2 is 1.69 bits per heavy atom. The first-order valence-electron chi connectivity index (χ1n) is 10.1. The highest BCUT2D eigenvalue weighted by atomic mass is 32.2. The van der Waals surface area contributed by atoms with E-state index in [4.69, 9.17) is 4.74 Å². The average Bonchev–Trinajstić information content (AvgIpc) is 3.27. The monoisotopic (exact) mass is 385 g/mol. The van der Waals surface area contributed by atoms with Crippen LogP contribution in [0.15, 0.2) is 0 Å². The lowest BCUT2D eigenvalue weighted by molar-refractivity contribution is -0.138. The molecule has 0 aromatic carbocycles. The Balaban J connectivity index is 1.24. The number of nitrogens with zero attached hydrogens (tertiary/aromatic N) is 3. The zero-order chi connectivity index (χ0) is 18.1. The minimum Gasteiger partial charge on any atom is -0.381 e. The van der Waals surface area contributed by atoms with Crippen LogP contribution < -0.4 is 0 Å². The van der Waals surface area contributed by atoms with Crippen LogP contribution in [0, 0.1) is 11.8 Å². The van der Waals surface area contributed by atoms with E-state index in [1.165, 1.54) is 0 Å². The molecule has 1 amide bonds. The highest BCUT2D eigenvalue weighted by Gasteiger charge is 2.44. The molecule has 1 atom stereocenters. The maximum Gasteiger partial charge on any atom is 0.225 e. The van der Waals surface area contributed by atoms with Crippen LogP contribution in [0.1, 0.15) is 32.1 Å². The topological polar surface area (TPSA) is 70.2 Å². The van der Waals surface area contributed by atoms with E-state index in [1.54, 1.807) is 9.21 Å². The highest BCUT2D eigenvalue weighted by molar-refractivity contribution is 7.89. The van der Waals surface area contributed by atoms with E-state index >= 15 is 0 Å². The first-order chi connectivity index (χ1) is 12.5. The van der Waals surface area contributed by atoms with Gasteiger partial charge in [0.2, 0.25) is 15.9 Å². The van der Waals surface area contributed by atoms with E-state index in [1.807, 2.05) is 0 Å². The molecule has 1 saturated carbocycles. The largest absolute Gasteiger partial charge is 0.381 e. The minimum atomic E-state index is -3.28. The molecule has 1 aliphatic carbocycles. The van der Waals surface area contributed by atoms with Gasteiger partial charge in [-0.25, -0.2) is 8.42 Å². The van der Waals surface area contributed by atoms with E-state index < -0.39 is 15.3 Å². The molecule has 3 aliphatic heterocycles. The van der Waals surface area contributed by atoms with Crippen molar-refractivity contribution in [2.24, 2.45) is 11.8 Å². The van der Waals surface area contributed by atoms with Crippen LogP contribution in [-0.2, 0) is 19.6 Å². The van der Waals surface area contributed by atoms with Gasteiger partial charge in [0, 0.05) is 58.3 Å². The standard InChI is InChI=1S/C18H31N3O4S/c22-18(16-3-1-2-4-16)20-12-17(13-20)26(23,24)21-8-6-19(7-9-21)11-15-5-10-25-14-15/h15-17H,1-14H2. The van der Waals surface area contributed by atoms with E-state index in [0.717, 1.165) is 65.0 Å². The van der Waals surface area contributed by atoms with Crippen molar-refractivity contribution in [2.45, 2.75) is 37.4 Å². The third kappa shape index (κ3) is 3.79. The van der Waals surface area contributed by atoms with Crippen molar-refractivity contribution in [3.8, 4) is 0 Å². The zero-order valence-electron chi connectivity index (χ0n) is 15.5. The summed E-state index contributed by atoms with van der Waals surface area (Å²) in [4.78, 5) is 16.5. The Hall–Kier alpha value is -0.700. The van der Waals surface area contributed by atoms with E-state index in [9.17, 15) is 13.2 Å². The number of piperazine rings is 1. The Kier molecular flexibility index (Phi) is 5.55. The number of carbonyl (C=O) groups excluding carboxylic acids is 1. The lowest BCUT2D eigenvalue weighted by Crippen LogP contribution is -2.62. The molecule has 4 aliphatic rings. The quantitative estimate of drug-likeness (QED) is 0.684. The molecule has 0 aromatic rings. The van der Waals surface area contributed by atoms with Crippen LogP contribution in [0.25, 0.3) is 0 Å². The predicted octanol–water partition coefficient (Wildman–Crippen LogP) is 0.371. The van der Waals surface area contributed by atoms with Crippen LogP contribution >= 0.6 is 0 Å². The molecule has 3 heterocycles. The highest BCUT2D eigenvalue weighted by Crippen LogP contribution is 2.30. The fourth-order valence-electron chi connectivity index (χ4n) is 4.71. The summed E-state index contributed by atoms with van der Waals surface area (Å²) in [5, 5.41) is -0.400. The SMILES string of the molecule is O=C(C1CCCC1)N1CC(S(=O)(=O)N2CCN(CC3CCOC3)CC2)C1. The maximum absolute atomic E-state index is 12.9. The summed E-state index contributed by atoms with van der Waals surface area (Å²) in [6.07, 6.45) is 5.32. The Labute approximate surface area is 156 Å². The number of amides is 1. The van der Waals surface area contributed by atoms with Gasteiger partial charge in [0.1, 0.15) is 5.25 Å². The van der Waals surface area contributed by atoms with Gasteiger partial charge in [-0.2, -0.15) is 4.31 Å². The van der Waals surface area contributed by atoms with Crippen molar-refractivity contribution in [1.29, 1.82) is 0 Å². The van der Waals surface area contributed by atoms with Gasteiger partial charge in [-0.1, -0.05) is 12.8 Å². The molecule has 0 bridgehead atoms. The van der Waals surface area contributed by atoms with Crippen molar-refractivity contribution in [3.05, 3.63) is 0 Å². The van der Waals surface area contributed by atoms with Crippen molar-refractivity contribution in [3.63, 3.8) is 0 Å². The van der Waals surface area contributed by atoms with Gasteiger partial charge in [-0.15, -0.1) is 0 Å². The summed E-state index contributed by atoms with van der Waals surface area (Å²) in [6.45, 7) is 6.23. The molecule has 26 heavy (non-hydrogen) atoms. The molecule has 4 rings (SSSR count). The number of carbonyl (C=O) groups is 1. The second-order valence-corrected chi connectivity index (χ2v) is 10.5. The number of hydrogen-bond donors (Lipinski definition) is 0. The lowest BCUT2D eigenvalue weighted by Gasteiger charge is -2.43. The number of likely N-dealkylation sites (tertiary alicyclic amines) is 1. The van der Waals surface area contributed by atoms with E-state index in [2.05, 4.69) is 4.90 Å². The molecule has 0 aromatic heterocycles. The molecule has 1 unspecified atom stereocenters. The summed E-state index contributed by atoms with van der Waals surface area (Å²) >= 11 is 0. The smallest absolute Gasteiger partial charge is 0.225 e.